The average molecular weight is 230 g/mol. The van der Waals surface area contributed by atoms with Gasteiger partial charge in [-0.05, 0) is 17.2 Å². The number of nitrogens with one attached hydrogen (secondary N) is 2. The Labute approximate surface area is 99.6 Å². The highest BCUT2D eigenvalue weighted by atomic mass is 16.5. The van der Waals surface area contributed by atoms with Crippen LogP contribution in [0.3, 0.4) is 0 Å². The summed E-state index contributed by atoms with van der Waals surface area (Å²) in [6, 6.07) is 11.5. The zero-order valence-electron chi connectivity index (χ0n) is 9.35. The minimum atomic E-state index is -0.407. The molecule has 0 aliphatic carbocycles. The van der Waals surface area contributed by atoms with Crippen LogP contribution in [0.15, 0.2) is 48.8 Å². The Balaban J connectivity index is 1.71. The van der Waals surface area contributed by atoms with Gasteiger partial charge in [-0.2, -0.15) is 0 Å². The molecule has 4 heteroatoms. The Kier molecular flexibility index (Phi) is 3.81. The number of aromatic nitrogens is 1. The van der Waals surface area contributed by atoms with E-state index in [1.54, 1.807) is 0 Å². The zero-order chi connectivity index (χ0) is 11.9. The number of hydrogen-bond donors (Lipinski definition) is 2. The summed E-state index contributed by atoms with van der Waals surface area (Å²) in [4.78, 5) is 14.3. The first-order chi connectivity index (χ1) is 8.34. The first-order valence-corrected chi connectivity index (χ1v) is 5.41. The molecule has 2 rings (SSSR count). The number of H-pyrrole nitrogens is 1. The fourth-order valence-corrected chi connectivity index (χ4v) is 1.42. The summed E-state index contributed by atoms with van der Waals surface area (Å²) in [6.45, 7) is 0.761. The predicted molar refractivity (Wildman–Crippen MR) is 64.3 cm³/mol. The number of amides is 1. The summed E-state index contributed by atoms with van der Waals surface area (Å²) in [5.41, 5.74) is 1.99. The van der Waals surface area contributed by atoms with E-state index in [-0.39, 0.29) is 0 Å². The largest absolute Gasteiger partial charge is 0.445 e. The molecule has 1 aromatic heterocycles. The number of benzene rings is 1. The maximum Gasteiger partial charge on any atom is 0.407 e. The highest BCUT2D eigenvalue weighted by Gasteiger charge is 2.02. The van der Waals surface area contributed by atoms with Gasteiger partial charge in [0, 0.05) is 18.9 Å². The Morgan fingerprint density at radius 2 is 2.00 bits per heavy atom. The van der Waals surface area contributed by atoms with Crippen LogP contribution in [0.5, 0.6) is 0 Å². The second-order valence-corrected chi connectivity index (χ2v) is 3.63. The van der Waals surface area contributed by atoms with Crippen molar-refractivity contribution < 1.29 is 9.53 Å². The van der Waals surface area contributed by atoms with Gasteiger partial charge in [-0.3, -0.25) is 0 Å². The maximum absolute atomic E-state index is 11.4. The fourth-order valence-electron chi connectivity index (χ4n) is 1.42. The summed E-state index contributed by atoms with van der Waals surface area (Å²) in [5, 5.41) is 2.67. The second-order valence-electron chi connectivity index (χ2n) is 3.63. The molecule has 0 spiro atoms. The van der Waals surface area contributed by atoms with Gasteiger partial charge < -0.3 is 15.0 Å². The van der Waals surface area contributed by atoms with Crippen LogP contribution in [0.4, 0.5) is 4.79 Å². The molecule has 0 fully saturated rings. The first-order valence-electron chi connectivity index (χ1n) is 5.41. The predicted octanol–water partition coefficient (Wildman–Crippen LogP) is 2.44. The normalized spacial score (nSPS) is 9.88. The van der Waals surface area contributed by atoms with Gasteiger partial charge in [-0.1, -0.05) is 30.3 Å². The van der Waals surface area contributed by atoms with E-state index in [2.05, 4.69) is 10.3 Å². The molecule has 0 unspecified atom stereocenters. The molecule has 0 aliphatic heterocycles. The van der Waals surface area contributed by atoms with Gasteiger partial charge in [0.15, 0.2) is 0 Å². The van der Waals surface area contributed by atoms with E-state index in [0.717, 1.165) is 11.1 Å². The van der Waals surface area contributed by atoms with Crippen molar-refractivity contribution in [2.45, 2.75) is 13.2 Å². The number of carbonyl (C=O) groups is 1. The number of ether oxygens (including phenoxy) is 1. The van der Waals surface area contributed by atoms with E-state index < -0.39 is 6.09 Å². The summed E-state index contributed by atoms with van der Waals surface area (Å²) >= 11 is 0. The maximum atomic E-state index is 11.4. The minimum absolute atomic E-state index is 0.291. The van der Waals surface area contributed by atoms with Crippen molar-refractivity contribution in [1.82, 2.24) is 10.3 Å². The minimum Gasteiger partial charge on any atom is -0.445 e. The molecule has 17 heavy (non-hydrogen) atoms. The molecule has 4 nitrogen and oxygen atoms in total. The van der Waals surface area contributed by atoms with Crippen LogP contribution < -0.4 is 5.32 Å². The van der Waals surface area contributed by atoms with E-state index in [1.807, 2.05) is 48.8 Å². The summed E-state index contributed by atoms with van der Waals surface area (Å²) in [5.74, 6) is 0. The van der Waals surface area contributed by atoms with Gasteiger partial charge in [0.25, 0.3) is 0 Å². The number of alkyl carbamates (subject to hydrolysis) is 1. The van der Waals surface area contributed by atoms with Crippen LogP contribution in [0.25, 0.3) is 0 Å². The van der Waals surface area contributed by atoms with Crippen LogP contribution in [0.1, 0.15) is 11.1 Å². The lowest BCUT2D eigenvalue weighted by Crippen LogP contribution is -2.23. The summed E-state index contributed by atoms with van der Waals surface area (Å²) < 4.78 is 5.07. The summed E-state index contributed by atoms with van der Waals surface area (Å²) in [7, 11) is 0. The van der Waals surface area contributed by atoms with Crippen molar-refractivity contribution >= 4 is 6.09 Å². The van der Waals surface area contributed by atoms with Crippen LogP contribution in [-0.2, 0) is 17.9 Å². The Morgan fingerprint density at radius 3 is 2.71 bits per heavy atom. The third kappa shape index (κ3) is 3.68. The first kappa shape index (κ1) is 11.3. The molecule has 0 radical (unpaired) electrons. The molecule has 1 aromatic carbocycles. The third-order valence-electron chi connectivity index (χ3n) is 2.31. The van der Waals surface area contributed by atoms with E-state index >= 15 is 0 Å². The van der Waals surface area contributed by atoms with Crippen molar-refractivity contribution in [3.8, 4) is 0 Å². The van der Waals surface area contributed by atoms with Crippen molar-refractivity contribution in [3.05, 3.63) is 59.9 Å². The number of carbonyl (C=O) groups excluding carboxylic acids is 1. The molecule has 1 heterocycles. The monoisotopic (exact) mass is 230 g/mol. The van der Waals surface area contributed by atoms with Gasteiger partial charge in [0.2, 0.25) is 0 Å². The lowest BCUT2D eigenvalue weighted by Gasteiger charge is -2.06. The number of hydrogen-bond acceptors (Lipinski definition) is 2. The quantitative estimate of drug-likeness (QED) is 0.847. The lowest BCUT2D eigenvalue weighted by molar-refractivity contribution is 0.139. The lowest BCUT2D eigenvalue weighted by atomic mass is 10.2. The van der Waals surface area contributed by atoms with Gasteiger partial charge in [0.1, 0.15) is 6.61 Å². The van der Waals surface area contributed by atoms with E-state index in [4.69, 9.17) is 4.74 Å². The molecule has 2 N–H and O–H groups in total. The van der Waals surface area contributed by atoms with Crippen LogP contribution >= 0.6 is 0 Å². The van der Waals surface area contributed by atoms with E-state index in [1.165, 1.54) is 0 Å². The number of aromatic amines is 1. The molecular weight excluding hydrogens is 216 g/mol. The van der Waals surface area contributed by atoms with Crippen LogP contribution in [0.2, 0.25) is 0 Å². The Bertz CT molecular complexity index is 452. The zero-order valence-corrected chi connectivity index (χ0v) is 9.35. The van der Waals surface area contributed by atoms with E-state index in [9.17, 15) is 4.79 Å². The molecule has 2 aromatic rings. The van der Waals surface area contributed by atoms with Crippen LogP contribution in [-0.4, -0.2) is 11.1 Å². The molecule has 88 valence electrons. The molecular formula is C13H14N2O2. The van der Waals surface area contributed by atoms with Crippen molar-refractivity contribution in [2.24, 2.45) is 0 Å². The third-order valence-corrected chi connectivity index (χ3v) is 2.31. The van der Waals surface area contributed by atoms with Crippen molar-refractivity contribution in [3.63, 3.8) is 0 Å². The fraction of sp³-hybridized carbons (Fsp3) is 0.154. The summed E-state index contributed by atoms with van der Waals surface area (Å²) in [6.07, 6.45) is 3.24. The highest BCUT2D eigenvalue weighted by molar-refractivity contribution is 5.67. The Hall–Kier alpha value is -2.23. The van der Waals surface area contributed by atoms with Gasteiger partial charge in [0.05, 0.1) is 0 Å². The SMILES string of the molecule is O=C(NCc1cc[nH]c1)OCc1ccccc1. The average Bonchev–Trinajstić information content (AvgIpc) is 2.88. The molecule has 0 saturated heterocycles. The van der Waals surface area contributed by atoms with Crippen molar-refractivity contribution in [2.75, 3.05) is 0 Å². The van der Waals surface area contributed by atoms with E-state index in [0.29, 0.717) is 13.2 Å². The molecule has 1 amide bonds. The molecule has 0 aliphatic rings. The van der Waals surface area contributed by atoms with Crippen LogP contribution in [0, 0.1) is 0 Å². The van der Waals surface area contributed by atoms with Gasteiger partial charge in [-0.25, -0.2) is 4.79 Å². The Morgan fingerprint density at radius 1 is 1.18 bits per heavy atom. The van der Waals surface area contributed by atoms with Crippen molar-refractivity contribution in [1.29, 1.82) is 0 Å². The standard InChI is InChI=1S/C13H14N2O2/c16-13(15-9-12-6-7-14-8-12)17-10-11-4-2-1-3-5-11/h1-8,14H,9-10H2,(H,15,16). The molecule has 0 saturated carbocycles. The van der Waals surface area contributed by atoms with Gasteiger partial charge >= 0.3 is 6.09 Å². The molecule has 0 bridgehead atoms. The smallest absolute Gasteiger partial charge is 0.407 e. The molecule has 0 atom stereocenters. The number of rotatable bonds is 4. The second kappa shape index (κ2) is 5.75. The highest BCUT2D eigenvalue weighted by Crippen LogP contribution is 2.01. The van der Waals surface area contributed by atoms with Gasteiger partial charge in [-0.15, -0.1) is 0 Å². The topological polar surface area (TPSA) is 54.1 Å².